The summed E-state index contributed by atoms with van der Waals surface area (Å²) in [6.45, 7) is 0. The number of hydrogen-bond acceptors (Lipinski definition) is 3. The predicted molar refractivity (Wildman–Crippen MR) is 79.9 cm³/mol. The molecule has 3 rings (SSSR count). The van der Waals surface area contributed by atoms with Gasteiger partial charge in [0.15, 0.2) is 5.82 Å². The normalized spacial score (nSPS) is 16.7. The first-order valence-corrected chi connectivity index (χ1v) is 7.56. The lowest BCUT2D eigenvalue weighted by Crippen LogP contribution is -2.05. The van der Waals surface area contributed by atoms with Crippen LogP contribution in [0.1, 0.15) is 43.8 Å². The molecule has 0 spiro atoms. The summed E-state index contributed by atoms with van der Waals surface area (Å²) in [6.07, 6.45) is 6.21. The zero-order chi connectivity index (χ0) is 13.2. The molecule has 3 nitrogen and oxygen atoms in total. The minimum atomic E-state index is 0.465. The molecule has 1 aromatic heterocycles. The number of hydrogen-bond donors (Lipinski definition) is 1. The number of halogens is 1. The summed E-state index contributed by atoms with van der Waals surface area (Å²) in [5.74, 6) is 1.93. The molecule has 0 atom stereocenters. The second-order valence-electron chi connectivity index (χ2n) is 5.15. The summed E-state index contributed by atoms with van der Waals surface area (Å²) in [6, 6.07) is 8.14. The van der Waals surface area contributed by atoms with E-state index in [0.717, 1.165) is 21.4 Å². The van der Waals surface area contributed by atoms with Gasteiger partial charge < -0.3 is 10.3 Å². The highest BCUT2D eigenvalue weighted by molar-refractivity contribution is 9.10. The fourth-order valence-corrected chi connectivity index (χ4v) is 3.29. The molecule has 1 saturated carbocycles. The van der Waals surface area contributed by atoms with Crippen LogP contribution in [-0.4, -0.2) is 5.16 Å². The monoisotopic (exact) mass is 320 g/mol. The molecule has 0 aliphatic heterocycles. The van der Waals surface area contributed by atoms with Crippen LogP contribution < -0.4 is 5.73 Å². The molecule has 4 heteroatoms. The summed E-state index contributed by atoms with van der Waals surface area (Å²) >= 11 is 3.50. The van der Waals surface area contributed by atoms with Crippen molar-refractivity contribution in [1.82, 2.24) is 5.16 Å². The Kier molecular flexibility index (Phi) is 3.60. The molecule has 1 aliphatic rings. The van der Waals surface area contributed by atoms with Crippen LogP contribution in [0.2, 0.25) is 0 Å². The first-order chi connectivity index (χ1) is 9.25. The largest absolute Gasteiger partial charge is 0.380 e. The number of nitrogen functional groups attached to an aromatic ring is 1. The number of nitrogens with two attached hydrogens (primary N) is 1. The lowest BCUT2D eigenvalue weighted by molar-refractivity contribution is 0.323. The molecule has 2 N–H and O–H groups in total. The van der Waals surface area contributed by atoms with Gasteiger partial charge >= 0.3 is 0 Å². The molecule has 0 unspecified atom stereocenters. The predicted octanol–water partition coefficient (Wildman–Crippen LogP) is 4.73. The maximum absolute atomic E-state index is 6.01. The quantitative estimate of drug-likeness (QED) is 0.869. The molecule has 1 aliphatic carbocycles. The second-order valence-corrected chi connectivity index (χ2v) is 6.07. The first-order valence-electron chi connectivity index (χ1n) is 6.76. The first kappa shape index (κ1) is 12.7. The van der Waals surface area contributed by atoms with Gasteiger partial charge in [-0.15, -0.1) is 0 Å². The van der Waals surface area contributed by atoms with Gasteiger partial charge in [0.2, 0.25) is 0 Å². The average Bonchev–Trinajstić information content (AvgIpc) is 2.82. The fourth-order valence-electron chi connectivity index (χ4n) is 2.89. The lowest BCUT2D eigenvalue weighted by atomic mass is 9.85. The van der Waals surface area contributed by atoms with E-state index in [4.69, 9.17) is 10.3 Å². The highest BCUT2D eigenvalue weighted by atomic mass is 79.9. The van der Waals surface area contributed by atoms with E-state index in [2.05, 4.69) is 33.2 Å². The van der Waals surface area contributed by atoms with Gasteiger partial charge in [0.05, 0.1) is 5.56 Å². The van der Waals surface area contributed by atoms with E-state index in [9.17, 15) is 0 Å². The number of nitrogens with zero attached hydrogens (tertiary/aromatic N) is 1. The van der Waals surface area contributed by atoms with Crippen LogP contribution in [0.4, 0.5) is 5.82 Å². The van der Waals surface area contributed by atoms with E-state index in [1.807, 2.05) is 12.1 Å². The fraction of sp³-hybridized carbons (Fsp3) is 0.400. The molecule has 1 aromatic carbocycles. The van der Waals surface area contributed by atoms with Crippen LogP contribution in [0.25, 0.3) is 11.1 Å². The molecule has 0 saturated heterocycles. The minimum Gasteiger partial charge on any atom is -0.380 e. The van der Waals surface area contributed by atoms with Gasteiger partial charge in [-0.25, -0.2) is 0 Å². The Morgan fingerprint density at radius 1 is 1.21 bits per heavy atom. The third-order valence-corrected chi connectivity index (χ3v) is 4.33. The third kappa shape index (κ3) is 2.54. The molecular formula is C15H17BrN2O. The van der Waals surface area contributed by atoms with Gasteiger partial charge in [0.1, 0.15) is 5.76 Å². The highest BCUT2D eigenvalue weighted by Gasteiger charge is 2.25. The molecule has 1 fully saturated rings. The third-order valence-electron chi connectivity index (χ3n) is 3.83. The molecule has 19 heavy (non-hydrogen) atoms. The van der Waals surface area contributed by atoms with E-state index >= 15 is 0 Å². The van der Waals surface area contributed by atoms with Crippen molar-refractivity contribution in [3.8, 4) is 11.1 Å². The smallest absolute Gasteiger partial charge is 0.175 e. The molecule has 0 bridgehead atoms. The maximum atomic E-state index is 6.01. The zero-order valence-corrected chi connectivity index (χ0v) is 12.3. The minimum absolute atomic E-state index is 0.465. The Morgan fingerprint density at radius 3 is 2.74 bits per heavy atom. The zero-order valence-electron chi connectivity index (χ0n) is 10.7. The van der Waals surface area contributed by atoms with Crippen molar-refractivity contribution in [2.24, 2.45) is 0 Å². The van der Waals surface area contributed by atoms with Crippen molar-refractivity contribution >= 4 is 21.7 Å². The van der Waals surface area contributed by atoms with Gasteiger partial charge in [-0.1, -0.05) is 52.5 Å². The molecule has 0 radical (unpaired) electrons. The van der Waals surface area contributed by atoms with Crippen molar-refractivity contribution in [2.45, 2.75) is 38.0 Å². The summed E-state index contributed by atoms with van der Waals surface area (Å²) in [5.41, 5.74) is 8.07. The number of benzene rings is 1. The van der Waals surface area contributed by atoms with Crippen molar-refractivity contribution in [1.29, 1.82) is 0 Å². The van der Waals surface area contributed by atoms with E-state index in [1.54, 1.807) is 0 Å². The number of rotatable bonds is 2. The van der Waals surface area contributed by atoms with Crippen LogP contribution in [0.3, 0.4) is 0 Å². The molecule has 2 aromatic rings. The Labute approximate surface area is 121 Å². The van der Waals surface area contributed by atoms with E-state index in [0.29, 0.717) is 11.7 Å². The Balaban J connectivity index is 2.03. The molecule has 100 valence electrons. The van der Waals surface area contributed by atoms with Gasteiger partial charge in [-0.3, -0.25) is 0 Å². The van der Waals surface area contributed by atoms with Gasteiger partial charge in [-0.2, -0.15) is 0 Å². The summed E-state index contributed by atoms with van der Waals surface area (Å²) in [7, 11) is 0. The van der Waals surface area contributed by atoms with E-state index in [1.165, 1.54) is 32.1 Å². The van der Waals surface area contributed by atoms with Gasteiger partial charge in [-0.05, 0) is 30.5 Å². The average molecular weight is 321 g/mol. The van der Waals surface area contributed by atoms with Gasteiger partial charge in [0, 0.05) is 10.4 Å². The van der Waals surface area contributed by atoms with Crippen LogP contribution in [-0.2, 0) is 0 Å². The van der Waals surface area contributed by atoms with Gasteiger partial charge in [0.25, 0.3) is 0 Å². The molecular weight excluding hydrogens is 304 g/mol. The van der Waals surface area contributed by atoms with Crippen LogP contribution in [0, 0.1) is 0 Å². The maximum Gasteiger partial charge on any atom is 0.175 e. The van der Waals surface area contributed by atoms with E-state index < -0.39 is 0 Å². The topological polar surface area (TPSA) is 52.0 Å². The summed E-state index contributed by atoms with van der Waals surface area (Å²) in [4.78, 5) is 0. The standard InChI is InChI=1S/C15H17BrN2O/c16-12-8-4-7-11(9-12)13-14(19-18-15(13)17)10-5-2-1-3-6-10/h4,7-10H,1-3,5-6H2,(H2,17,18). The highest BCUT2D eigenvalue weighted by Crippen LogP contribution is 2.41. The Hall–Kier alpha value is -1.29. The van der Waals surface area contributed by atoms with Crippen molar-refractivity contribution in [3.63, 3.8) is 0 Å². The van der Waals surface area contributed by atoms with Crippen molar-refractivity contribution in [3.05, 3.63) is 34.5 Å². The molecule has 0 amide bonds. The second kappa shape index (κ2) is 5.37. The van der Waals surface area contributed by atoms with Crippen LogP contribution >= 0.6 is 15.9 Å². The van der Waals surface area contributed by atoms with Crippen LogP contribution in [0.15, 0.2) is 33.3 Å². The van der Waals surface area contributed by atoms with E-state index in [-0.39, 0.29) is 0 Å². The Bertz CT molecular complexity index is 573. The summed E-state index contributed by atoms with van der Waals surface area (Å²) in [5, 5.41) is 3.99. The Morgan fingerprint density at radius 2 is 2.00 bits per heavy atom. The van der Waals surface area contributed by atoms with Crippen LogP contribution in [0.5, 0.6) is 0 Å². The SMILES string of the molecule is Nc1noc(C2CCCCC2)c1-c1cccc(Br)c1. The number of aromatic nitrogens is 1. The number of anilines is 1. The van der Waals surface area contributed by atoms with Crippen molar-refractivity contribution in [2.75, 3.05) is 5.73 Å². The van der Waals surface area contributed by atoms with Crippen molar-refractivity contribution < 1.29 is 4.52 Å². The summed E-state index contributed by atoms with van der Waals surface area (Å²) < 4.78 is 6.58. The molecule has 1 heterocycles. The lowest BCUT2D eigenvalue weighted by Gasteiger charge is -2.20.